The summed E-state index contributed by atoms with van der Waals surface area (Å²) in [7, 11) is 1.78. The summed E-state index contributed by atoms with van der Waals surface area (Å²) in [5.74, 6) is 2.70. The van der Waals surface area contributed by atoms with Gasteiger partial charge in [0.25, 0.3) is 5.91 Å². The Kier molecular flexibility index (Phi) is 4.50. The summed E-state index contributed by atoms with van der Waals surface area (Å²) in [6.07, 6.45) is 1.69. The normalized spacial score (nSPS) is 19.7. The Morgan fingerprint density at radius 3 is 3.11 bits per heavy atom. The quantitative estimate of drug-likeness (QED) is 0.905. The number of nitrogens with one attached hydrogen (secondary N) is 1. The highest BCUT2D eigenvalue weighted by molar-refractivity contribution is 9.10. The van der Waals surface area contributed by atoms with Crippen LogP contribution in [-0.2, 0) is 0 Å². The summed E-state index contributed by atoms with van der Waals surface area (Å²) < 4.78 is 0.823. The number of carbonyl (C=O) groups excluding carboxylic acids is 1. The monoisotopic (exact) mass is 329 g/mol. The van der Waals surface area contributed by atoms with E-state index in [4.69, 9.17) is 0 Å². The van der Waals surface area contributed by atoms with Gasteiger partial charge in [0.1, 0.15) is 5.82 Å². The number of amides is 1. The summed E-state index contributed by atoms with van der Waals surface area (Å²) in [6, 6.07) is 2.11. The first-order valence-corrected chi connectivity index (χ1v) is 7.80. The highest BCUT2D eigenvalue weighted by Crippen LogP contribution is 2.23. The summed E-state index contributed by atoms with van der Waals surface area (Å²) >= 11 is 5.27. The molecule has 1 N–H and O–H groups in total. The van der Waals surface area contributed by atoms with Gasteiger partial charge < -0.3 is 10.2 Å². The van der Waals surface area contributed by atoms with Crippen molar-refractivity contribution in [3.8, 4) is 0 Å². The van der Waals surface area contributed by atoms with Crippen LogP contribution in [0.15, 0.2) is 16.7 Å². The van der Waals surface area contributed by atoms with Crippen LogP contribution in [0.2, 0.25) is 0 Å². The van der Waals surface area contributed by atoms with Crippen LogP contribution in [-0.4, -0.2) is 46.9 Å². The van der Waals surface area contributed by atoms with Gasteiger partial charge in [0.05, 0.1) is 5.56 Å². The summed E-state index contributed by atoms with van der Waals surface area (Å²) in [5.41, 5.74) is 0.630. The van der Waals surface area contributed by atoms with E-state index in [2.05, 4.69) is 33.2 Å². The van der Waals surface area contributed by atoms with Gasteiger partial charge in [-0.3, -0.25) is 4.79 Å². The molecule has 1 fully saturated rings. The molecule has 1 saturated heterocycles. The predicted octanol–water partition coefficient (Wildman–Crippen LogP) is 2.46. The second kappa shape index (κ2) is 5.93. The van der Waals surface area contributed by atoms with Crippen molar-refractivity contribution < 1.29 is 4.79 Å². The first kappa shape index (κ1) is 13.7. The average molecular weight is 330 g/mol. The highest BCUT2D eigenvalue weighted by atomic mass is 79.9. The van der Waals surface area contributed by atoms with Gasteiger partial charge >= 0.3 is 0 Å². The molecule has 0 spiro atoms. The van der Waals surface area contributed by atoms with Crippen molar-refractivity contribution in [1.29, 1.82) is 0 Å². The minimum Gasteiger partial charge on any atom is -0.372 e. The number of hydrogen-bond donors (Lipinski definition) is 1. The Balaban J connectivity index is 2.29. The molecule has 1 atom stereocenters. The van der Waals surface area contributed by atoms with E-state index in [1.165, 1.54) is 0 Å². The van der Waals surface area contributed by atoms with E-state index in [1.807, 2.05) is 22.7 Å². The Bertz CT molecular complexity index is 455. The van der Waals surface area contributed by atoms with Gasteiger partial charge in [-0.1, -0.05) is 0 Å². The van der Waals surface area contributed by atoms with Gasteiger partial charge in [0.15, 0.2) is 0 Å². The van der Waals surface area contributed by atoms with Crippen LogP contribution in [0.3, 0.4) is 0 Å². The Hall–Kier alpha value is -0.750. The Labute approximate surface area is 120 Å². The number of thioether (sulfide) groups is 1. The molecule has 0 aromatic carbocycles. The summed E-state index contributed by atoms with van der Waals surface area (Å²) in [4.78, 5) is 18.7. The number of rotatable bonds is 2. The molecule has 2 rings (SSSR count). The van der Waals surface area contributed by atoms with Crippen LogP contribution in [0.4, 0.5) is 5.82 Å². The van der Waals surface area contributed by atoms with Crippen molar-refractivity contribution in [2.45, 2.75) is 13.0 Å². The second-order valence-electron chi connectivity index (χ2n) is 4.22. The van der Waals surface area contributed by atoms with Crippen LogP contribution in [0.1, 0.15) is 17.3 Å². The second-order valence-corrected chi connectivity index (χ2v) is 6.29. The molecule has 1 aromatic rings. The molecule has 0 aliphatic carbocycles. The average Bonchev–Trinajstić information content (AvgIpc) is 2.38. The maximum absolute atomic E-state index is 12.6. The predicted molar refractivity (Wildman–Crippen MR) is 79.3 cm³/mol. The molecule has 1 aliphatic rings. The molecular formula is C12H16BrN3OS. The number of hydrogen-bond acceptors (Lipinski definition) is 4. The van der Waals surface area contributed by atoms with E-state index in [1.54, 1.807) is 13.2 Å². The minimum absolute atomic E-state index is 0.0564. The number of aromatic nitrogens is 1. The molecule has 0 bridgehead atoms. The fourth-order valence-corrected chi connectivity index (χ4v) is 3.33. The van der Waals surface area contributed by atoms with E-state index >= 15 is 0 Å². The molecule has 1 aromatic heterocycles. The fourth-order valence-electron chi connectivity index (χ4n) is 1.99. The first-order valence-electron chi connectivity index (χ1n) is 5.85. The lowest BCUT2D eigenvalue weighted by Crippen LogP contribution is -2.44. The zero-order valence-electron chi connectivity index (χ0n) is 10.4. The van der Waals surface area contributed by atoms with Gasteiger partial charge in [0.2, 0.25) is 0 Å². The zero-order chi connectivity index (χ0) is 13.1. The topological polar surface area (TPSA) is 45.2 Å². The standard InChI is InChI=1S/C12H16BrN3OS/c1-8-7-18-4-3-16(8)12(17)10-5-9(13)6-15-11(10)14-2/h5-6,8H,3-4,7H2,1-2H3,(H,14,15). The largest absolute Gasteiger partial charge is 0.372 e. The van der Waals surface area contributed by atoms with Crippen molar-refractivity contribution in [3.05, 3.63) is 22.3 Å². The smallest absolute Gasteiger partial charge is 0.257 e. The van der Waals surface area contributed by atoms with E-state index in [0.29, 0.717) is 11.4 Å². The molecule has 6 heteroatoms. The zero-order valence-corrected chi connectivity index (χ0v) is 12.8. The molecule has 1 unspecified atom stereocenters. The van der Waals surface area contributed by atoms with Crippen molar-refractivity contribution in [2.24, 2.45) is 0 Å². The molecular weight excluding hydrogens is 314 g/mol. The lowest BCUT2D eigenvalue weighted by atomic mass is 10.2. The molecule has 1 amide bonds. The van der Waals surface area contributed by atoms with Crippen LogP contribution >= 0.6 is 27.7 Å². The number of nitrogens with zero attached hydrogens (tertiary/aromatic N) is 2. The van der Waals surface area contributed by atoms with E-state index < -0.39 is 0 Å². The van der Waals surface area contributed by atoms with E-state index in [-0.39, 0.29) is 11.9 Å². The molecule has 4 nitrogen and oxygen atoms in total. The first-order chi connectivity index (χ1) is 8.63. The van der Waals surface area contributed by atoms with E-state index in [0.717, 1.165) is 22.5 Å². The van der Waals surface area contributed by atoms with E-state index in [9.17, 15) is 4.79 Å². The van der Waals surface area contributed by atoms with Gasteiger partial charge in [-0.2, -0.15) is 11.8 Å². The SMILES string of the molecule is CNc1ncc(Br)cc1C(=O)N1CCSCC1C. The lowest BCUT2D eigenvalue weighted by Gasteiger charge is -2.33. The maximum atomic E-state index is 12.6. The van der Waals surface area contributed by atoms with Crippen molar-refractivity contribution in [1.82, 2.24) is 9.88 Å². The third-order valence-corrected chi connectivity index (χ3v) is 4.57. The van der Waals surface area contributed by atoms with Crippen molar-refractivity contribution in [2.75, 3.05) is 30.4 Å². The molecule has 2 heterocycles. The summed E-state index contributed by atoms with van der Waals surface area (Å²) in [5, 5.41) is 2.97. The minimum atomic E-state index is 0.0564. The van der Waals surface area contributed by atoms with Gasteiger partial charge in [-0.25, -0.2) is 4.98 Å². The number of halogens is 1. The summed E-state index contributed by atoms with van der Waals surface area (Å²) in [6.45, 7) is 2.90. The molecule has 98 valence electrons. The molecule has 0 radical (unpaired) electrons. The van der Waals surface area contributed by atoms with Crippen molar-refractivity contribution >= 4 is 39.4 Å². The number of carbonyl (C=O) groups is 1. The molecule has 1 aliphatic heterocycles. The third kappa shape index (κ3) is 2.80. The Morgan fingerprint density at radius 1 is 1.67 bits per heavy atom. The number of anilines is 1. The van der Waals surface area contributed by atoms with Crippen LogP contribution in [0, 0.1) is 0 Å². The van der Waals surface area contributed by atoms with Crippen LogP contribution in [0.5, 0.6) is 0 Å². The van der Waals surface area contributed by atoms with Crippen LogP contribution < -0.4 is 5.32 Å². The molecule has 18 heavy (non-hydrogen) atoms. The highest BCUT2D eigenvalue weighted by Gasteiger charge is 2.26. The third-order valence-electron chi connectivity index (χ3n) is 2.95. The lowest BCUT2D eigenvalue weighted by molar-refractivity contribution is 0.0716. The van der Waals surface area contributed by atoms with Gasteiger partial charge in [-0.05, 0) is 28.9 Å². The van der Waals surface area contributed by atoms with Gasteiger partial charge in [0, 0.05) is 41.8 Å². The number of pyridine rings is 1. The fraction of sp³-hybridized carbons (Fsp3) is 0.500. The van der Waals surface area contributed by atoms with Crippen molar-refractivity contribution in [3.63, 3.8) is 0 Å². The van der Waals surface area contributed by atoms with Gasteiger partial charge in [-0.15, -0.1) is 0 Å². The molecule has 0 saturated carbocycles. The Morgan fingerprint density at radius 2 is 2.44 bits per heavy atom. The van der Waals surface area contributed by atoms with Crippen LogP contribution in [0.25, 0.3) is 0 Å². The maximum Gasteiger partial charge on any atom is 0.257 e.